The Hall–Kier alpha value is -2.39. The predicted octanol–water partition coefficient (Wildman–Crippen LogP) is 0.496. The van der Waals surface area contributed by atoms with Gasteiger partial charge in [0.15, 0.2) is 6.61 Å². The topological polar surface area (TPSA) is 78.9 Å². The number of hydrazone groups is 1. The van der Waals surface area contributed by atoms with Crippen LogP contribution in [-0.2, 0) is 4.79 Å². The van der Waals surface area contributed by atoms with Gasteiger partial charge in [-0.1, -0.05) is 0 Å². The number of quaternary nitrogens is 1. The molecule has 0 aromatic heterocycles. The third-order valence-electron chi connectivity index (χ3n) is 3.98. The maximum absolute atomic E-state index is 11.8. The Labute approximate surface area is 136 Å². The number of nitriles is 1. The van der Waals surface area contributed by atoms with E-state index in [1.54, 1.807) is 29.2 Å². The zero-order valence-electron chi connectivity index (χ0n) is 13.6. The van der Waals surface area contributed by atoms with E-state index < -0.39 is 0 Å². The smallest absolute Gasteiger partial charge is 0.277 e. The SMILES string of the molecule is CC(C)[NH+]1CCC(=NNC(=O)COc2ccc(C#N)cc2)CC1. The third-order valence-corrected chi connectivity index (χ3v) is 3.98. The molecule has 23 heavy (non-hydrogen) atoms. The summed E-state index contributed by atoms with van der Waals surface area (Å²) in [5.41, 5.74) is 4.15. The number of hydrogen-bond acceptors (Lipinski definition) is 4. The van der Waals surface area contributed by atoms with Crippen molar-refractivity contribution in [3.8, 4) is 11.8 Å². The Bertz CT molecular complexity index is 592. The van der Waals surface area contributed by atoms with Crippen molar-refractivity contribution in [2.45, 2.75) is 32.7 Å². The lowest BCUT2D eigenvalue weighted by atomic mass is 10.1. The van der Waals surface area contributed by atoms with Crippen LogP contribution in [-0.4, -0.2) is 37.4 Å². The molecule has 1 saturated heterocycles. The Morgan fingerprint density at radius 3 is 2.57 bits per heavy atom. The molecule has 1 heterocycles. The molecule has 2 N–H and O–H groups in total. The second-order valence-corrected chi connectivity index (χ2v) is 5.95. The van der Waals surface area contributed by atoms with E-state index >= 15 is 0 Å². The van der Waals surface area contributed by atoms with Gasteiger partial charge >= 0.3 is 0 Å². The minimum atomic E-state index is -0.277. The van der Waals surface area contributed by atoms with Crippen LogP contribution in [0.4, 0.5) is 0 Å². The number of likely N-dealkylation sites (tertiary alicyclic amines) is 1. The average Bonchev–Trinajstić information content (AvgIpc) is 2.59. The molecule has 1 aromatic carbocycles. The highest BCUT2D eigenvalue weighted by Crippen LogP contribution is 2.11. The van der Waals surface area contributed by atoms with Crippen molar-refractivity contribution in [3.63, 3.8) is 0 Å². The van der Waals surface area contributed by atoms with Gasteiger partial charge in [0, 0.05) is 18.6 Å². The number of amides is 1. The fourth-order valence-electron chi connectivity index (χ4n) is 2.50. The lowest BCUT2D eigenvalue weighted by Crippen LogP contribution is -3.16. The van der Waals surface area contributed by atoms with Crippen LogP contribution in [0.3, 0.4) is 0 Å². The number of benzene rings is 1. The number of carbonyl (C=O) groups is 1. The quantitative estimate of drug-likeness (QED) is 0.777. The molecule has 0 unspecified atom stereocenters. The van der Waals surface area contributed by atoms with Gasteiger partial charge in [-0.25, -0.2) is 5.43 Å². The van der Waals surface area contributed by atoms with E-state index in [0.717, 1.165) is 31.6 Å². The van der Waals surface area contributed by atoms with Crippen molar-refractivity contribution in [2.24, 2.45) is 5.10 Å². The maximum atomic E-state index is 11.8. The molecule has 0 spiro atoms. The van der Waals surface area contributed by atoms with Crippen LogP contribution >= 0.6 is 0 Å². The van der Waals surface area contributed by atoms with Crippen molar-refractivity contribution in [1.29, 1.82) is 5.26 Å². The van der Waals surface area contributed by atoms with E-state index in [1.165, 1.54) is 0 Å². The van der Waals surface area contributed by atoms with Crippen LogP contribution in [0, 0.1) is 11.3 Å². The lowest BCUT2D eigenvalue weighted by molar-refractivity contribution is -0.922. The summed E-state index contributed by atoms with van der Waals surface area (Å²) in [6, 6.07) is 9.30. The fourth-order valence-corrected chi connectivity index (χ4v) is 2.50. The molecule has 122 valence electrons. The summed E-state index contributed by atoms with van der Waals surface area (Å²) < 4.78 is 5.36. The van der Waals surface area contributed by atoms with E-state index in [4.69, 9.17) is 10.00 Å². The zero-order chi connectivity index (χ0) is 16.7. The predicted molar refractivity (Wildman–Crippen MR) is 87.3 cm³/mol. The molecule has 1 fully saturated rings. The van der Waals surface area contributed by atoms with Crippen molar-refractivity contribution >= 4 is 11.6 Å². The fraction of sp³-hybridized carbons (Fsp3) is 0.471. The van der Waals surface area contributed by atoms with E-state index in [-0.39, 0.29) is 12.5 Å². The second kappa shape index (κ2) is 8.30. The van der Waals surface area contributed by atoms with Gasteiger partial charge in [0.25, 0.3) is 5.91 Å². The summed E-state index contributed by atoms with van der Waals surface area (Å²) in [4.78, 5) is 13.3. The molecule has 0 bridgehead atoms. The number of rotatable bonds is 5. The minimum Gasteiger partial charge on any atom is -0.484 e. The van der Waals surface area contributed by atoms with E-state index in [0.29, 0.717) is 17.4 Å². The Morgan fingerprint density at radius 1 is 1.35 bits per heavy atom. The van der Waals surface area contributed by atoms with Gasteiger partial charge in [0.05, 0.1) is 30.8 Å². The highest BCUT2D eigenvalue weighted by atomic mass is 16.5. The van der Waals surface area contributed by atoms with Crippen LogP contribution in [0.2, 0.25) is 0 Å². The standard InChI is InChI=1S/C17H22N4O2/c1-13(2)21-9-7-15(8-10-21)19-20-17(22)12-23-16-5-3-14(11-18)4-6-16/h3-6,13H,7-10,12H2,1-2H3,(H,20,22)/p+1. The maximum Gasteiger partial charge on any atom is 0.277 e. The first kappa shape index (κ1) is 17.0. The van der Waals surface area contributed by atoms with Crippen molar-refractivity contribution < 1.29 is 14.4 Å². The van der Waals surface area contributed by atoms with Crippen molar-refractivity contribution in [1.82, 2.24) is 5.43 Å². The highest BCUT2D eigenvalue weighted by molar-refractivity contribution is 5.87. The summed E-state index contributed by atoms with van der Waals surface area (Å²) in [5.74, 6) is 0.279. The number of nitrogens with one attached hydrogen (secondary N) is 2. The molecule has 1 aliphatic heterocycles. The molecule has 6 nitrogen and oxygen atoms in total. The molecule has 1 aromatic rings. The first-order valence-electron chi connectivity index (χ1n) is 7.90. The van der Waals surface area contributed by atoms with E-state index in [9.17, 15) is 4.79 Å². The van der Waals surface area contributed by atoms with Gasteiger partial charge in [-0.2, -0.15) is 10.4 Å². The first-order chi connectivity index (χ1) is 11.1. The first-order valence-corrected chi connectivity index (χ1v) is 7.90. The normalized spacial score (nSPS) is 17.5. The summed E-state index contributed by atoms with van der Waals surface area (Å²) in [5, 5.41) is 12.9. The van der Waals surface area contributed by atoms with Gasteiger partial charge in [0.1, 0.15) is 5.75 Å². The summed E-state index contributed by atoms with van der Waals surface area (Å²) in [7, 11) is 0. The summed E-state index contributed by atoms with van der Waals surface area (Å²) in [6.45, 7) is 6.48. The van der Waals surface area contributed by atoms with Gasteiger partial charge in [-0.15, -0.1) is 0 Å². The molecule has 6 heteroatoms. The lowest BCUT2D eigenvalue weighted by Gasteiger charge is -2.27. The number of hydrogen-bond donors (Lipinski definition) is 2. The number of carbonyl (C=O) groups excluding carboxylic acids is 1. The zero-order valence-corrected chi connectivity index (χ0v) is 13.6. The van der Waals surface area contributed by atoms with E-state index in [1.807, 2.05) is 6.07 Å². The van der Waals surface area contributed by atoms with Crippen LogP contribution in [0.1, 0.15) is 32.3 Å². The number of piperidine rings is 1. The molecule has 0 aliphatic carbocycles. The van der Waals surface area contributed by atoms with Crippen molar-refractivity contribution in [2.75, 3.05) is 19.7 Å². The number of ether oxygens (including phenoxy) is 1. The van der Waals surface area contributed by atoms with Gasteiger partial charge < -0.3 is 9.64 Å². The minimum absolute atomic E-state index is 0.0912. The van der Waals surface area contributed by atoms with Gasteiger partial charge in [-0.3, -0.25) is 4.79 Å². The molecule has 1 amide bonds. The second-order valence-electron chi connectivity index (χ2n) is 5.95. The van der Waals surface area contributed by atoms with Gasteiger partial charge in [-0.05, 0) is 38.1 Å². The Kier molecular flexibility index (Phi) is 6.12. The molecule has 0 radical (unpaired) electrons. The molecule has 1 aliphatic rings. The van der Waals surface area contributed by atoms with Gasteiger partial charge in [0.2, 0.25) is 0 Å². The summed E-state index contributed by atoms with van der Waals surface area (Å²) in [6.07, 6.45) is 1.84. The third kappa shape index (κ3) is 5.38. The van der Waals surface area contributed by atoms with Crippen LogP contribution in [0.15, 0.2) is 29.4 Å². The van der Waals surface area contributed by atoms with Crippen molar-refractivity contribution in [3.05, 3.63) is 29.8 Å². The van der Waals surface area contributed by atoms with Crippen LogP contribution in [0.5, 0.6) is 5.75 Å². The monoisotopic (exact) mass is 315 g/mol. The molecule has 0 saturated carbocycles. The molecular weight excluding hydrogens is 292 g/mol. The summed E-state index contributed by atoms with van der Waals surface area (Å²) >= 11 is 0. The Morgan fingerprint density at radius 2 is 2.00 bits per heavy atom. The molecule has 2 rings (SSSR count). The largest absolute Gasteiger partial charge is 0.484 e. The molecular formula is C17H23N4O2+. The van der Waals surface area contributed by atoms with E-state index in [2.05, 4.69) is 24.4 Å². The Balaban J connectivity index is 1.73. The number of nitrogens with zero attached hydrogens (tertiary/aromatic N) is 2. The average molecular weight is 315 g/mol. The molecule has 0 atom stereocenters. The highest BCUT2D eigenvalue weighted by Gasteiger charge is 2.20. The van der Waals surface area contributed by atoms with Crippen LogP contribution in [0.25, 0.3) is 0 Å². The van der Waals surface area contributed by atoms with Crippen LogP contribution < -0.4 is 15.1 Å².